The maximum Gasteiger partial charge on any atom is 0.131 e. The molecule has 0 amide bonds. The zero-order chi connectivity index (χ0) is 16.1. The number of aryl methyl sites for hydroxylation is 2. The fourth-order valence-electron chi connectivity index (χ4n) is 2.46. The Bertz CT molecular complexity index is 595. The minimum atomic E-state index is -1.18. The normalized spacial score (nSPS) is 12.8. The van der Waals surface area contributed by atoms with Crippen molar-refractivity contribution in [2.75, 3.05) is 20.1 Å². The van der Waals surface area contributed by atoms with Gasteiger partial charge >= 0.3 is 0 Å². The van der Waals surface area contributed by atoms with Crippen molar-refractivity contribution in [2.45, 2.75) is 26.0 Å². The summed E-state index contributed by atoms with van der Waals surface area (Å²) in [6.07, 6.45) is 3.35. The van der Waals surface area contributed by atoms with Crippen molar-refractivity contribution in [3.05, 3.63) is 53.6 Å². The summed E-state index contributed by atoms with van der Waals surface area (Å²) in [5.41, 5.74) is -0.264. The number of rotatable bonds is 7. The Kier molecular flexibility index (Phi) is 5.63. The first kappa shape index (κ1) is 16.6. The Morgan fingerprint density at radius 2 is 2.00 bits per heavy atom. The molecule has 0 saturated carbocycles. The first-order chi connectivity index (χ1) is 10.5. The molecule has 0 spiro atoms. The van der Waals surface area contributed by atoms with Crippen molar-refractivity contribution >= 4 is 0 Å². The largest absolute Gasteiger partial charge is 0.387 e. The number of likely N-dealkylation sites (N-methyl/N-ethyl adjacent to an activating group) is 1. The molecule has 1 unspecified atom stereocenters. The minimum absolute atomic E-state index is 0.181. The fourth-order valence-corrected chi connectivity index (χ4v) is 2.46. The summed E-state index contributed by atoms with van der Waals surface area (Å²) in [7, 11) is 1.82. The summed E-state index contributed by atoms with van der Waals surface area (Å²) in [4.78, 5) is 6.01. The average Bonchev–Trinajstić information content (AvgIpc) is 2.84. The zero-order valence-corrected chi connectivity index (χ0v) is 12.8. The molecule has 1 atom stereocenters. The van der Waals surface area contributed by atoms with Crippen LogP contribution in [-0.4, -0.2) is 39.7 Å². The monoisotopic (exact) mass is 309 g/mol. The van der Waals surface area contributed by atoms with Gasteiger partial charge < -0.3 is 14.6 Å². The van der Waals surface area contributed by atoms with Gasteiger partial charge in [-0.15, -0.1) is 0 Å². The van der Waals surface area contributed by atoms with Crippen LogP contribution in [0, 0.1) is 18.6 Å². The Labute approximate surface area is 129 Å². The molecule has 2 aromatic rings. The molecule has 22 heavy (non-hydrogen) atoms. The van der Waals surface area contributed by atoms with Crippen LogP contribution < -0.4 is 0 Å². The molecule has 120 valence electrons. The maximum atomic E-state index is 13.6. The standard InChI is InChI=1S/C16H21F2N3O/c1-12-19-7-10-21(12)9-4-8-20(2)11-15(22)16-13(17)5-3-6-14(16)18/h3,5-7,10,15,22H,4,8-9,11H2,1-2H3. The van der Waals surface area contributed by atoms with Crippen LogP contribution in [0.3, 0.4) is 0 Å². The van der Waals surface area contributed by atoms with Crippen molar-refractivity contribution in [2.24, 2.45) is 0 Å². The predicted octanol–water partition coefficient (Wildman–Crippen LogP) is 2.53. The fraction of sp³-hybridized carbons (Fsp3) is 0.438. The van der Waals surface area contributed by atoms with E-state index in [1.54, 1.807) is 6.20 Å². The van der Waals surface area contributed by atoms with Crippen molar-refractivity contribution in [1.82, 2.24) is 14.5 Å². The minimum Gasteiger partial charge on any atom is -0.387 e. The van der Waals surface area contributed by atoms with Crippen molar-refractivity contribution < 1.29 is 13.9 Å². The van der Waals surface area contributed by atoms with Crippen LogP contribution in [-0.2, 0) is 6.54 Å². The lowest BCUT2D eigenvalue weighted by Crippen LogP contribution is -2.27. The van der Waals surface area contributed by atoms with Crippen LogP contribution in [0.15, 0.2) is 30.6 Å². The first-order valence-corrected chi connectivity index (χ1v) is 7.27. The number of imidazole rings is 1. The van der Waals surface area contributed by atoms with Gasteiger partial charge in [-0.1, -0.05) is 6.07 Å². The lowest BCUT2D eigenvalue weighted by Gasteiger charge is -2.21. The molecule has 1 heterocycles. The lowest BCUT2D eigenvalue weighted by molar-refractivity contribution is 0.118. The third-order valence-electron chi connectivity index (χ3n) is 3.68. The zero-order valence-electron chi connectivity index (χ0n) is 12.8. The molecule has 1 aromatic carbocycles. The Hall–Kier alpha value is -1.79. The van der Waals surface area contributed by atoms with E-state index in [2.05, 4.69) is 4.98 Å². The van der Waals surface area contributed by atoms with Crippen LogP contribution in [0.4, 0.5) is 8.78 Å². The van der Waals surface area contributed by atoms with Gasteiger partial charge in [0.15, 0.2) is 0 Å². The maximum absolute atomic E-state index is 13.6. The lowest BCUT2D eigenvalue weighted by atomic mass is 10.1. The van der Waals surface area contributed by atoms with E-state index < -0.39 is 17.7 Å². The van der Waals surface area contributed by atoms with E-state index in [0.29, 0.717) is 6.54 Å². The highest BCUT2D eigenvalue weighted by molar-refractivity contribution is 5.22. The highest BCUT2D eigenvalue weighted by Crippen LogP contribution is 2.21. The van der Waals surface area contributed by atoms with E-state index in [-0.39, 0.29) is 12.1 Å². The Morgan fingerprint density at radius 3 is 2.59 bits per heavy atom. The third-order valence-corrected chi connectivity index (χ3v) is 3.68. The highest BCUT2D eigenvalue weighted by atomic mass is 19.1. The van der Waals surface area contributed by atoms with Crippen LogP contribution in [0.2, 0.25) is 0 Å². The molecule has 0 radical (unpaired) electrons. The molecule has 6 heteroatoms. The number of aliphatic hydroxyl groups excluding tert-OH is 1. The molecule has 1 N–H and O–H groups in total. The quantitative estimate of drug-likeness (QED) is 0.854. The highest BCUT2D eigenvalue weighted by Gasteiger charge is 2.19. The molecular formula is C16H21F2N3O. The van der Waals surface area contributed by atoms with Crippen LogP contribution in [0.25, 0.3) is 0 Å². The predicted molar refractivity (Wildman–Crippen MR) is 80.4 cm³/mol. The van der Waals surface area contributed by atoms with E-state index >= 15 is 0 Å². The topological polar surface area (TPSA) is 41.3 Å². The number of halogens is 2. The summed E-state index contributed by atoms with van der Waals surface area (Å²) < 4.78 is 29.3. The second kappa shape index (κ2) is 7.47. The van der Waals surface area contributed by atoms with Gasteiger partial charge in [0, 0.05) is 25.5 Å². The van der Waals surface area contributed by atoms with Gasteiger partial charge in [0.2, 0.25) is 0 Å². The van der Waals surface area contributed by atoms with E-state index in [4.69, 9.17) is 0 Å². The average molecular weight is 309 g/mol. The number of hydrogen-bond acceptors (Lipinski definition) is 3. The Balaban J connectivity index is 1.84. The van der Waals surface area contributed by atoms with Gasteiger partial charge in [-0.25, -0.2) is 13.8 Å². The van der Waals surface area contributed by atoms with Gasteiger partial charge in [0.1, 0.15) is 17.5 Å². The second-order valence-electron chi connectivity index (χ2n) is 5.43. The molecule has 4 nitrogen and oxygen atoms in total. The number of hydrogen-bond donors (Lipinski definition) is 1. The SMILES string of the molecule is Cc1nccn1CCCN(C)CC(O)c1c(F)cccc1F. The van der Waals surface area contributed by atoms with Crippen molar-refractivity contribution in [3.8, 4) is 0 Å². The van der Waals surface area contributed by atoms with E-state index in [0.717, 1.165) is 30.9 Å². The van der Waals surface area contributed by atoms with Crippen molar-refractivity contribution in [3.63, 3.8) is 0 Å². The van der Waals surface area contributed by atoms with Gasteiger partial charge in [-0.3, -0.25) is 0 Å². The molecule has 0 bridgehead atoms. The van der Waals surface area contributed by atoms with E-state index in [1.165, 1.54) is 6.07 Å². The number of aliphatic hydroxyl groups is 1. The summed E-state index contributed by atoms with van der Waals surface area (Å²) in [6.45, 7) is 3.65. The summed E-state index contributed by atoms with van der Waals surface area (Å²) in [5, 5.41) is 10.0. The number of nitrogens with zero attached hydrogens (tertiary/aromatic N) is 3. The summed E-state index contributed by atoms with van der Waals surface area (Å²) in [6, 6.07) is 3.60. The molecule has 0 aliphatic heterocycles. The molecule has 0 saturated heterocycles. The third kappa shape index (κ3) is 4.11. The summed E-state index contributed by atoms with van der Waals surface area (Å²) >= 11 is 0. The molecule has 0 aliphatic carbocycles. The van der Waals surface area contributed by atoms with Gasteiger partial charge in [0.25, 0.3) is 0 Å². The van der Waals surface area contributed by atoms with Gasteiger partial charge in [0.05, 0.1) is 11.7 Å². The second-order valence-corrected chi connectivity index (χ2v) is 5.43. The van der Waals surface area contributed by atoms with E-state index in [1.807, 2.05) is 29.6 Å². The van der Waals surface area contributed by atoms with Gasteiger partial charge in [-0.2, -0.15) is 0 Å². The van der Waals surface area contributed by atoms with Crippen LogP contribution in [0.5, 0.6) is 0 Å². The Morgan fingerprint density at radius 1 is 1.32 bits per heavy atom. The molecule has 0 fully saturated rings. The smallest absolute Gasteiger partial charge is 0.131 e. The molecule has 1 aromatic heterocycles. The number of aromatic nitrogens is 2. The number of benzene rings is 1. The first-order valence-electron chi connectivity index (χ1n) is 7.27. The molecular weight excluding hydrogens is 288 g/mol. The molecule has 2 rings (SSSR count). The van der Waals surface area contributed by atoms with Gasteiger partial charge in [-0.05, 0) is 39.1 Å². The van der Waals surface area contributed by atoms with Crippen LogP contribution >= 0.6 is 0 Å². The summed E-state index contributed by atoms with van der Waals surface area (Å²) in [5.74, 6) is -0.471. The molecule has 0 aliphatic rings. The van der Waals surface area contributed by atoms with Crippen LogP contribution in [0.1, 0.15) is 23.9 Å². The van der Waals surface area contributed by atoms with Crippen molar-refractivity contribution in [1.29, 1.82) is 0 Å². The van der Waals surface area contributed by atoms with E-state index in [9.17, 15) is 13.9 Å².